The Morgan fingerprint density at radius 3 is 1.63 bits per heavy atom. The molecule has 0 saturated heterocycles. The van der Waals surface area contributed by atoms with Crippen LogP contribution in [0.1, 0.15) is 0 Å². The lowest BCUT2D eigenvalue weighted by Crippen LogP contribution is -1.97. The average Bonchev–Trinajstić information content (AvgIpc) is 2.74. The van der Waals surface area contributed by atoms with Crippen LogP contribution in [0.4, 0.5) is 5.69 Å². The van der Waals surface area contributed by atoms with E-state index in [2.05, 4.69) is 31.9 Å². The number of aromatic nitrogens is 3. The summed E-state index contributed by atoms with van der Waals surface area (Å²) < 4.78 is 0. The zero-order valence-corrected chi connectivity index (χ0v) is 14.9. The predicted octanol–water partition coefficient (Wildman–Crippen LogP) is 6.08. The number of nitrogens with zero attached hydrogens (tertiary/aromatic N) is 4. The van der Waals surface area contributed by atoms with Crippen molar-refractivity contribution in [3.05, 3.63) is 95.6 Å². The van der Waals surface area contributed by atoms with Gasteiger partial charge in [0.05, 0.1) is 6.57 Å². The van der Waals surface area contributed by atoms with Crippen LogP contribution in [0.15, 0.2) is 78.9 Å². The minimum absolute atomic E-state index is 0.136. The van der Waals surface area contributed by atoms with E-state index >= 15 is 0 Å². The quantitative estimate of drug-likeness (QED) is 0.412. The second-order valence-corrected chi connectivity index (χ2v) is 6.19. The van der Waals surface area contributed by atoms with Crippen molar-refractivity contribution in [1.82, 2.24) is 15.0 Å². The zero-order valence-electron chi connectivity index (χ0n) is 14.2. The molecule has 5 heteroatoms. The van der Waals surface area contributed by atoms with Gasteiger partial charge in [0.25, 0.3) is 0 Å². The highest BCUT2D eigenvalue weighted by atomic mass is 35.5. The number of halogens is 1. The Bertz CT molecular complexity index is 1120. The van der Waals surface area contributed by atoms with Crippen LogP contribution in [0.5, 0.6) is 0 Å². The molecule has 1 heterocycles. The van der Waals surface area contributed by atoms with Crippen molar-refractivity contribution in [3.63, 3.8) is 0 Å². The lowest BCUT2D eigenvalue weighted by Gasteiger charge is -2.06. The smallest absolute Gasteiger partial charge is 0.226 e. The third-order valence-corrected chi connectivity index (χ3v) is 4.28. The normalized spacial score (nSPS) is 10.4. The minimum atomic E-state index is 0.136. The van der Waals surface area contributed by atoms with E-state index in [9.17, 15) is 0 Å². The van der Waals surface area contributed by atoms with Crippen molar-refractivity contribution in [1.29, 1.82) is 0 Å². The van der Waals surface area contributed by atoms with E-state index < -0.39 is 0 Å². The maximum absolute atomic E-state index is 7.04. The van der Waals surface area contributed by atoms with Gasteiger partial charge in [-0.15, -0.1) is 0 Å². The minimum Gasteiger partial charge on any atom is -0.238 e. The molecular weight excluding hydrogens is 356 g/mol. The van der Waals surface area contributed by atoms with Gasteiger partial charge in [0, 0.05) is 11.1 Å². The molecule has 0 aliphatic carbocycles. The van der Waals surface area contributed by atoms with Gasteiger partial charge in [-0.1, -0.05) is 78.9 Å². The molecule has 0 saturated carbocycles. The predicted molar refractivity (Wildman–Crippen MR) is 107 cm³/mol. The van der Waals surface area contributed by atoms with Crippen LogP contribution in [-0.2, 0) is 0 Å². The topological polar surface area (TPSA) is 43.0 Å². The van der Waals surface area contributed by atoms with Gasteiger partial charge in [0.2, 0.25) is 5.28 Å². The third-order valence-electron chi connectivity index (χ3n) is 4.11. The fraction of sp³-hybridized carbons (Fsp3) is 0. The SMILES string of the molecule is [C-]#[N+]c1ccc(-c2nc(Cl)nc(-c3ccc(-c4ccccc4)cc3)n2)cc1. The lowest BCUT2D eigenvalue weighted by molar-refractivity contribution is 1.07. The first-order chi connectivity index (χ1) is 13.2. The average molecular weight is 369 g/mol. The van der Waals surface area contributed by atoms with Gasteiger partial charge in [-0.2, -0.15) is 9.97 Å². The third kappa shape index (κ3) is 3.69. The van der Waals surface area contributed by atoms with Crippen LogP contribution < -0.4 is 0 Å². The molecule has 4 aromatic rings. The van der Waals surface area contributed by atoms with Crippen molar-refractivity contribution < 1.29 is 0 Å². The highest BCUT2D eigenvalue weighted by Crippen LogP contribution is 2.26. The molecule has 0 fully saturated rings. The van der Waals surface area contributed by atoms with Gasteiger partial charge in [-0.05, 0) is 22.7 Å². The van der Waals surface area contributed by atoms with E-state index in [1.165, 1.54) is 0 Å². The molecule has 0 spiro atoms. The summed E-state index contributed by atoms with van der Waals surface area (Å²) in [5, 5.41) is 0.136. The maximum Gasteiger partial charge on any atom is 0.226 e. The number of benzene rings is 3. The molecule has 0 radical (unpaired) electrons. The molecule has 128 valence electrons. The van der Waals surface area contributed by atoms with Gasteiger partial charge in [0.15, 0.2) is 17.3 Å². The van der Waals surface area contributed by atoms with E-state index in [4.69, 9.17) is 18.2 Å². The molecule has 0 atom stereocenters. The Hall–Kier alpha value is -3.55. The molecule has 0 amide bonds. The fourth-order valence-electron chi connectivity index (χ4n) is 2.74. The van der Waals surface area contributed by atoms with Gasteiger partial charge < -0.3 is 0 Å². The zero-order chi connectivity index (χ0) is 18.6. The van der Waals surface area contributed by atoms with E-state index in [-0.39, 0.29) is 5.28 Å². The van der Waals surface area contributed by atoms with Crippen molar-refractivity contribution in [2.24, 2.45) is 0 Å². The van der Waals surface area contributed by atoms with E-state index in [1.807, 2.05) is 42.5 Å². The van der Waals surface area contributed by atoms with Crippen molar-refractivity contribution >= 4 is 17.3 Å². The Morgan fingerprint density at radius 1 is 0.593 bits per heavy atom. The molecule has 4 rings (SSSR count). The second kappa shape index (κ2) is 7.36. The van der Waals surface area contributed by atoms with Gasteiger partial charge in [-0.3, -0.25) is 0 Å². The summed E-state index contributed by atoms with van der Waals surface area (Å²) >= 11 is 6.12. The maximum atomic E-state index is 7.04. The van der Waals surface area contributed by atoms with Gasteiger partial charge in [-0.25, -0.2) is 9.83 Å². The van der Waals surface area contributed by atoms with Gasteiger partial charge >= 0.3 is 0 Å². The lowest BCUT2D eigenvalue weighted by atomic mass is 10.0. The molecule has 0 bridgehead atoms. The van der Waals surface area contributed by atoms with Crippen LogP contribution >= 0.6 is 11.6 Å². The largest absolute Gasteiger partial charge is 0.238 e. The van der Waals surface area contributed by atoms with Crippen LogP contribution in [0.25, 0.3) is 38.7 Å². The molecule has 4 nitrogen and oxygen atoms in total. The van der Waals surface area contributed by atoms with Crippen molar-refractivity contribution in [3.8, 4) is 33.9 Å². The molecular formula is C22H13ClN4. The first kappa shape index (κ1) is 16.9. The molecule has 0 N–H and O–H groups in total. The molecule has 1 aromatic heterocycles. The monoisotopic (exact) mass is 368 g/mol. The first-order valence-corrected chi connectivity index (χ1v) is 8.66. The fourth-order valence-corrected chi connectivity index (χ4v) is 2.90. The Kier molecular flexibility index (Phi) is 4.61. The Morgan fingerprint density at radius 2 is 1.07 bits per heavy atom. The molecule has 0 aliphatic rings. The summed E-state index contributed by atoms with van der Waals surface area (Å²) in [7, 11) is 0. The molecule has 3 aromatic carbocycles. The first-order valence-electron chi connectivity index (χ1n) is 8.28. The number of rotatable bonds is 3. The van der Waals surface area contributed by atoms with Crippen LogP contribution in [0, 0.1) is 6.57 Å². The molecule has 27 heavy (non-hydrogen) atoms. The summed E-state index contributed by atoms with van der Waals surface area (Å²) in [5.74, 6) is 0.993. The van der Waals surface area contributed by atoms with E-state index in [0.717, 1.165) is 22.3 Å². The van der Waals surface area contributed by atoms with Crippen molar-refractivity contribution in [2.45, 2.75) is 0 Å². The molecule has 0 aliphatic heterocycles. The van der Waals surface area contributed by atoms with Crippen molar-refractivity contribution in [2.75, 3.05) is 0 Å². The van der Waals surface area contributed by atoms with E-state index in [1.54, 1.807) is 24.3 Å². The molecule has 0 unspecified atom stereocenters. The van der Waals surface area contributed by atoms with Crippen LogP contribution in [0.2, 0.25) is 5.28 Å². The number of hydrogen-bond acceptors (Lipinski definition) is 3. The second-order valence-electron chi connectivity index (χ2n) is 5.85. The van der Waals surface area contributed by atoms with Crippen LogP contribution in [0.3, 0.4) is 0 Å². The Labute approximate surface area is 162 Å². The highest BCUT2D eigenvalue weighted by molar-refractivity contribution is 6.28. The highest BCUT2D eigenvalue weighted by Gasteiger charge is 2.10. The van der Waals surface area contributed by atoms with E-state index in [0.29, 0.717) is 17.3 Å². The Balaban J connectivity index is 1.69. The summed E-state index contributed by atoms with van der Waals surface area (Å²) in [6.07, 6.45) is 0. The van der Waals surface area contributed by atoms with Crippen LogP contribution in [-0.4, -0.2) is 15.0 Å². The standard InChI is InChI=1S/C22H13ClN4/c1-24-19-13-11-18(12-14-19)21-25-20(26-22(23)27-21)17-9-7-16(8-10-17)15-5-3-2-4-6-15/h2-14H. The summed E-state index contributed by atoms with van der Waals surface area (Å²) in [6.45, 7) is 7.04. The number of hydrogen-bond donors (Lipinski definition) is 0. The van der Waals surface area contributed by atoms with Gasteiger partial charge in [0.1, 0.15) is 0 Å². The summed E-state index contributed by atoms with van der Waals surface area (Å²) in [5.41, 5.74) is 4.48. The summed E-state index contributed by atoms with van der Waals surface area (Å²) in [6, 6.07) is 25.3. The summed E-state index contributed by atoms with van der Waals surface area (Å²) in [4.78, 5) is 16.4.